The summed E-state index contributed by atoms with van der Waals surface area (Å²) in [6.07, 6.45) is 0. The second kappa shape index (κ2) is 6.28. The smallest absolute Gasteiger partial charge is 0.344 e. The van der Waals surface area contributed by atoms with Crippen LogP contribution in [0.15, 0.2) is 45.6 Å². The molecular weight excluding hydrogens is 308 g/mol. The van der Waals surface area contributed by atoms with E-state index in [2.05, 4.69) is 0 Å². The summed E-state index contributed by atoms with van der Waals surface area (Å²) in [6.45, 7) is 1.89. The molecule has 24 heavy (non-hydrogen) atoms. The Morgan fingerprint density at radius 1 is 0.917 bits per heavy atom. The number of methoxy groups -OCH3 is 3. The fourth-order valence-corrected chi connectivity index (χ4v) is 2.89. The molecule has 124 valence electrons. The van der Waals surface area contributed by atoms with Crippen LogP contribution in [-0.2, 0) is 0 Å². The molecule has 0 amide bonds. The molecule has 0 saturated carbocycles. The van der Waals surface area contributed by atoms with Crippen LogP contribution in [0.3, 0.4) is 0 Å². The molecule has 0 atom stereocenters. The fraction of sp³-hybridized carbons (Fsp3) is 0.211. The summed E-state index contributed by atoms with van der Waals surface area (Å²) in [5.74, 6) is 1.83. The average molecular weight is 326 g/mol. The van der Waals surface area contributed by atoms with Crippen molar-refractivity contribution < 1.29 is 18.6 Å². The van der Waals surface area contributed by atoms with Crippen molar-refractivity contribution >= 4 is 10.8 Å². The molecule has 2 aromatic carbocycles. The van der Waals surface area contributed by atoms with E-state index in [-0.39, 0.29) is 0 Å². The molecule has 0 unspecified atom stereocenters. The van der Waals surface area contributed by atoms with E-state index in [9.17, 15) is 4.79 Å². The highest BCUT2D eigenvalue weighted by Gasteiger charge is 2.22. The van der Waals surface area contributed by atoms with Gasteiger partial charge in [-0.1, -0.05) is 30.3 Å². The van der Waals surface area contributed by atoms with Crippen molar-refractivity contribution in [2.24, 2.45) is 0 Å². The van der Waals surface area contributed by atoms with E-state index in [4.69, 9.17) is 18.6 Å². The molecule has 0 N–H and O–H groups in total. The van der Waals surface area contributed by atoms with E-state index in [1.54, 1.807) is 6.07 Å². The minimum atomic E-state index is -0.450. The predicted octanol–water partition coefficient (Wildman–Crippen LogP) is 3.79. The number of rotatable bonds is 4. The monoisotopic (exact) mass is 326 g/mol. The normalized spacial score (nSPS) is 10.7. The first kappa shape index (κ1) is 15.9. The molecule has 0 spiro atoms. The van der Waals surface area contributed by atoms with Crippen molar-refractivity contribution in [3.05, 3.63) is 52.4 Å². The summed E-state index contributed by atoms with van der Waals surface area (Å²) in [4.78, 5) is 12.5. The molecule has 3 aromatic rings. The molecule has 5 heteroatoms. The Kier molecular flexibility index (Phi) is 4.16. The molecule has 1 aromatic heterocycles. The van der Waals surface area contributed by atoms with Crippen LogP contribution in [0.5, 0.6) is 17.2 Å². The molecule has 3 rings (SSSR count). The first-order valence-corrected chi connectivity index (χ1v) is 7.44. The van der Waals surface area contributed by atoms with E-state index in [1.807, 2.05) is 37.3 Å². The third-order valence-corrected chi connectivity index (χ3v) is 4.00. The van der Waals surface area contributed by atoms with Crippen LogP contribution in [0.2, 0.25) is 0 Å². The number of hydrogen-bond donors (Lipinski definition) is 0. The molecular formula is C19H18O5. The Morgan fingerprint density at radius 2 is 1.58 bits per heavy atom. The fourth-order valence-electron chi connectivity index (χ4n) is 2.89. The van der Waals surface area contributed by atoms with Crippen LogP contribution in [0.25, 0.3) is 22.1 Å². The van der Waals surface area contributed by atoms with Gasteiger partial charge >= 0.3 is 5.63 Å². The van der Waals surface area contributed by atoms with Crippen LogP contribution < -0.4 is 19.8 Å². The van der Waals surface area contributed by atoms with E-state index in [0.29, 0.717) is 33.8 Å². The van der Waals surface area contributed by atoms with Crippen LogP contribution in [0.1, 0.15) is 5.56 Å². The van der Waals surface area contributed by atoms with Crippen molar-refractivity contribution in [1.82, 2.24) is 0 Å². The van der Waals surface area contributed by atoms with Gasteiger partial charge in [0, 0.05) is 16.5 Å². The van der Waals surface area contributed by atoms with Crippen molar-refractivity contribution in [3.63, 3.8) is 0 Å². The van der Waals surface area contributed by atoms with Crippen LogP contribution in [0.4, 0.5) is 0 Å². The molecule has 0 radical (unpaired) electrons. The second-order valence-electron chi connectivity index (χ2n) is 5.28. The summed E-state index contributed by atoms with van der Waals surface area (Å²) in [6, 6.07) is 11.1. The Hall–Kier alpha value is -2.95. The maximum Gasteiger partial charge on any atom is 0.344 e. The standard InChI is InChI=1S/C19H18O5/c1-11-15-13(10-14(21-2)17(22-3)18(15)23-4)19(20)24-16(11)12-8-6-5-7-9-12/h5-10H,1-4H3. The first-order valence-electron chi connectivity index (χ1n) is 7.44. The number of hydrogen-bond acceptors (Lipinski definition) is 5. The van der Waals surface area contributed by atoms with Gasteiger partial charge in [-0.2, -0.15) is 0 Å². The summed E-state index contributed by atoms with van der Waals surface area (Å²) in [5.41, 5.74) is 1.17. The maximum atomic E-state index is 12.5. The van der Waals surface area contributed by atoms with Gasteiger partial charge in [0.15, 0.2) is 11.5 Å². The zero-order valence-corrected chi connectivity index (χ0v) is 14.0. The van der Waals surface area contributed by atoms with Gasteiger partial charge in [-0.3, -0.25) is 0 Å². The molecule has 0 fully saturated rings. The molecule has 5 nitrogen and oxygen atoms in total. The van der Waals surface area contributed by atoms with Gasteiger partial charge in [0.2, 0.25) is 5.75 Å². The Bertz CT molecular complexity index is 942. The lowest BCUT2D eigenvalue weighted by Crippen LogP contribution is -2.06. The molecule has 0 bridgehead atoms. The summed E-state index contributed by atoms with van der Waals surface area (Å²) in [5, 5.41) is 1.05. The number of aryl methyl sites for hydroxylation is 1. The van der Waals surface area contributed by atoms with Crippen molar-refractivity contribution in [3.8, 4) is 28.6 Å². The predicted molar refractivity (Wildman–Crippen MR) is 92.3 cm³/mol. The highest BCUT2D eigenvalue weighted by molar-refractivity contribution is 5.97. The van der Waals surface area contributed by atoms with Gasteiger partial charge in [-0.25, -0.2) is 4.79 Å². The van der Waals surface area contributed by atoms with Gasteiger partial charge < -0.3 is 18.6 Å². The van der Waals surface area contributed by atoms with Crippen LogP contribution >= 0.6 is 0 Å². The zero-order chi connectivity index (χ0) is 17.3. The summed E-state index contributed by atoms with van der Waals surface area (Å²) >= 11 is 0. The molecule has 0 aliphatic heterocycles. The summed E-state index contributed by atoms with van der Waals surface area (Å²) in [7, 11) is 4.58. The second-order valence-corrected chi connectivity index (χ2v) is 5.28. The number of ether oxygens (including phenoxy) is 3. The van der Waals surface area contributed by atoms with Crippen LogP contribution in [-0.4, -0.2) is 21.3 Å². The number of fused-ring (bicyclic) bond motifs is 1. The third kappa shape index (κ3) is 2.38. The third-order valence-electron chi connectivity index (χ3n) is 4.00. The largest absolute Gasteiger partial charge is 0.493 e. The van der Waals surface area contributed by atoms with Crippen molar-refractivity contribution in [1.29, 1.82) is 0 Å². The van der Waals surface area contributed by atoms with Crippen molar-refractivity contribution in [2.45, 2.75) is 6.92 Å². The SMILES string of the molecule is COc1cc2c(=O)oc(-c3ccccc3)c(C)c2c(OC)c1OC. The van der Waals surface area contributed by atoms with E-state index in [1.165, 1.54) is 21.3 Å². The van der Waals surface area contributed by atoms with E-state index < -0.39 is 5.63 Å². The number of benzene rings is 2. The average Bonchev–Trinajstić information content (AvgIpc) is 2.63. The Morgan fingerprint density at radius 3 is 2.17 bits per heavy atom. The summed E-state index contributed by atoms with van der Waals surface area (Å²) < 4.78 is 21.8. The molecule has 0 aliphatic rings. The van der Waals surface area contributed by atoms with Gasteiger partial charge in [-0.15, -0.1) is 0 Å². The quantitative estimate of drug-likeness (QED) is 0.730. The van der Waals surface area contributed by atoms with Gasteiger partial charge in [0.1, 0.15) is 5.76 Å². The minimum absolute atomic E-state index is 0.390. The highest BCUT2D eigenvalue weighted by atomic mass is 16.5. The van der Waals surface area contributed by atoms with Gasteiger partial charge in [0.05, 0.1) is 26.7 Å². The van der Waals surface area contributed by atoms with Gasteiger partial charge in [0.25, 0.3) is 0 Å². The van der Waals surface area contributed by atoms with E-state index >= 15 is 0 Å². The van der Waals surface area contributed by atoms with Crippen molar-refractivity contribution in [2.75, 3.05) is 21.3 Å². The lowest BCUT2D eigenvalue weighted by Gasteiger charge is -2.16. The lowest BCUT2D eigenvalue weighted by atomic mass is 10.0. The van der Waals surface area contributed by atoms with Crippen LogP contribution in [0, 0.1) is 6.92 Å². The van der Waals surface area contributed by atoms with Gasteiger partial charge in [-0.05, 0) is 13.0 Å². The van der Waals surface area contributed by atoms with E-state index in [0.717, 1.165) is 11.1 Å². The molecule has 0 aliphatic carbocycles. The Balaban J connectivity index is 2.47. The molecule has 1 heterocycles. The highest BCUT2D eigenvalue weighted by Crippen LogP contribution is 2.45. The minimum Gasteiger partial charge on any atom is -0.493 e. The Labute approximate surface area is 139 Å². The molecule has 0 saturated heterocycles. The zero-order valence-electron chi connectivity index (χ0n) is 14.0. The lowest BCUT2D eigenvalue weighted by molar-refractivity contribution is 0.327. The topological polar surface area (TPSA) is 57.9 Å². The first-order chi connectivity index (χ1) is 11.6. The maximum absolute atomic E-state index is 12.5.